The van der Waals surface area contributed by atoms with Gasteiger partial charge in [0, 0.05) is 17.3 Å². The second-order valence-electron chi connectivity index (χ2n) is 7.74. The number of ether oxygens (including phenoxy) is 1. The fraction of sp³-hybridized carbons (Fsp3) is 0.500. The first kappa shape index (κ1) is 19.1. The Morgan fingerprint density at radius 2 is 1.93 bits per heavy atom. The summed E-state index contributed by atoms with van der Waals surface area (Å²) in [4.78, 5) is 31.6. The fourth-order valence-corrected chi connectivity index (χ4v) is 5.02. The lowest BCUT2D eigenvalue weighted by molar-refractivity contribution is -0.136. The second-order valence-corrected chi connectivity index (χ2v) is 8.68. The number of amides is 1. The molecule has 0 saturated heterocycles. The van der Waals surface area contributed by atoms with E-state index in [4.69, 9.17) is 4.74 Å². The van der Waals surface area contributed by atoms with Crippen molar-refractivity contribution in [2.75, 3.05) is 7.11 Å². The maximum Gasteiger partial charge on any atom is 0.357 e. The van der Waals surface area contributed by atoms with E-state index >= 15 is 0 Å². The van der Waals surface area contributed by atoms with E-state index < -0.39 is 5.97 Å². The summed E-state index contributed by atoms with van der Waals surface area (Å²) in [5.74, 6) is 0.228. The summed E-state index contributed by atoms with van der Waals surface area (Å²) in [7, 11) is 1.36. The van der Waals surface area contributed by atoms with Gasteiger partial charge in [-0.3, -0.25) is 4.79 Å². The van der Waals surface area contributed by atoms with Crippen molar-refractivity contribution in [3.63, 3.8) is 0 Å². The maximum atomic E-state index is 13.4. The Balaban J connectivity index is 1.50. The van der Waals surface area contributed by atoms with Gasteiger partial charge in [0.1, 0.15) is 5.01 Å². The van der Waals surface area contributed by atoms with Crippen LogP contribution < -0.4 is 0 Å². The maximum absolute atomic E-state index is 13.4. The number of hydrogen-bond acceptors (Lipinski definition) is 5. The smallest absolute Gasteiger partial charge is 0.357 e. The van der Waals surface area contributed by atoms with Crippen LogP contribution in [0.5, 0.6) is 0 Å². The molecule has 0 N–H and O–H groups in total. The third kappa shape index (κ3) is 4.12. The molecule has 2 atom stereocenters. The quantitative estimate of drug-likeness (QED) is 0.677. The first-order valence-electron chi connectivity index (χ1n) is 10.1. The number of nitrogens with zero attached hydrogens (tertiary/aromatic N) is 2. The summed E-state index contributed by atoms with van der Waals surface area (Å²) < 4.78 is 4.75. The molecule has 148 valence electrons. The fourth-order valence-electron chi connectivity index (χ4n) is 4.26. The van der Waals surface area contributed by atoms with Gasteiger partial charge in [-0.2, -0.15) is 0 Å². The third-order valence-electron chi connectivity index (χ3n) is 5.89. The predicted octanol–water partition coefficient (Wildman–Crippen LogP) is 4.39. The number of benzene rings is 1. The van der Waals surface area contributed by atoms with Crippen molar-refractivity contribution in [1.29, 1.82) is 0 Å². The summed E-state index contributed by atoms with van der Waals surface area (Å²) in [5, 5.41) is 2.52. The molecule has 2 aliphatic carbocycles. The molecular weight excluding hydrogens is 372 g/mol. The largest absolute Gasteiger partial charge is 0.464 e. The lowest BCUT2D eigenvalue weighted by Crippen LogP contribution is -2.42. The average molecular weight is 399 g/mol. The zero-order valence-corrected chi connectivity index (χ0v) is 17.0. The van der Waals surface area contributed by atoms with E-state index in [1.165, 1.54) is 43.3 Å². The van der Waals surface area contributed by atoms with E-state index in [2.05, 4.69) is 17.1 Å². The molecular formula is C22H26N2O3S. The molecule has 1 amide bonds. The first-order chi connectivity index (χ1) is 13.7. The van der Waals surface area contributed by atoms with Crippen LogP contribution >= 0.6 is 11.3 Å². The number of hydrogen-bond donors (Lipinski definition) is 0. The van der Waals surface area contributed by atoms with Crippen molar-refractivity contribution in [3.05, 3.63) is 52.0 Å². The van der Waals surface area contributed by atoms with Crippen LogP contribution in [0.15, 0.2) is 35.7 Å². The van der Waals surface area contributed by atoms with Gasteiger partial charge in [0.15, 0.2) is 5.69 Å². The summed E-state index contributed by atoms with van der Waals surface area (Å²) in [6.07, 6.45) is 6.64. The van der Waals surface area contributed by atoms with Crippen molar-refractivity contribution in [1.82, 2.24) is 9.88 Å². The van der Waals surface area contributed by atoms with Crippen LogP contribution in [0.1, 0.15) is 65.5 Å². The van der Waals surface area contributed by atoms with Gasteiger partial charge in [0.25, 0.3) is 0 Å². The van der Waals surface area contributed by atoms with Crippen LogP contribution in [-0.2, 0) is 16.1 Å². The molecule has 0 bridgehead atoms. The van der Waals surface area contributed by atoms with Crippen LogP contribution in [-0.4, -0.2) is 34.9 Å². The molecule has 2 saturated carbocycles. The number of carbonyl (C=O) groups excluding carboxylic acids is 2. The van der Waals surface area contributed by atoms with E-state index in [0.29, 0.717) is 18.2 Å². The van der Waals surface area contributed by atoms with E-state index in [0.717, 1.165) is 24.3 Å². The molecule has 1 heterocycles. The summed E-state index contributed by atoms with van der Waals surface area (Å²) in [6, 6.07) is 10.6. The summed E-state index contributed by atoms with van der Waals surface area (Å²) >= 11 is 1.43. The highest BCUT2D eigenvalue weighted by Crippen LogP contribution is 2.49. The second kappa shape index (κ2) is 8.43. The number of aromatic nitrogens is 1. The monoisotopic (exact) mass is 398 g/mol. The normalized spacial score (nSPS) is 21.9. The molecule has 28 heavy (non-hydrogen) atoms. The van der Waals surface area contributed by atoms with E-state index in [1.54, 1.807) is 5.38 Å². The Morgan fingerprint density at radius 1 is 1.18 bits per heavy atom. The van der Waals surface area contributed by atoms with Crippen molar-refractivity contribution < 1.29 is 14.3 Å². The Hall–Kier alpha value is -2.21. The zero-order chi connectivity index (χ0) is 19.5. The Bertz CT molecular complexity index is 829. The van der Waals surface area contributed by atoms with Crippen molar-refractivity contribution in [3.8, 4) is 0 Å². The van der Waals surface area contributed by atoms with Gasteiger partial charge in [-0.25, -0.2) is 9.78 Å². The Labute approximate surface area is 169 Å². The van der Waals surface area contributed by atoms with Gasteiger partial charge >= 0.3 is 5.97 Å². The van der Waals surface area contributed by atoms with E-state index in [1.807, 2.05) is 23.1 Å². The van der Waals surface area contributed by atoms with E-state index in [9.17, 15) is 9.59 Å². The van der Waals surface area contributed by atoms with Crippen molar-refractivity contribution in [2.24, 2.45) is 5.92 Å². The Kier molecular flexibility index (Phi) is 5.76. The molecule has 2 fully saturated rings. The van der Waals surface area contributed by atoms with Gasteiger partial charge in [-0.05, 0) is 30.7 Å². The molecule has 4 rings (SSSR count). The average Bonchev–Trinajstić information content (AvgIpc) is 3.42. The van der Waals surface area contributed by atoms with Crippen molar-refractivity contribution >= 4 is 23.2 Å². The summed E-state index contributed by atoms with van der Waals surface area (Å²) in [6.45, 7) is 0.489. The molecule has 0 aliphatic heterocycles. The number of rotatable bonds is 6. The minimum Gasteiger partial charge on any atom is -0.464 e. The molecule has 5 nitrogen and oxygen atoms in total. The van der Waals surface area contributed by atoms with Crippen LogP contribution in [0.4, 0.5) is 0 Å². The first-order valence-corrected chi connectivity index (χ1v) is 10.9. The predicted molar refractivity (Wildman–Crippen MR) is 108 cm³/mol. The molecule has 0 spiro atoms. The van der Waals surface area contributed by atoms with Gasteiger partial charge < -0.3 is 9.64 Å². The third-order valence-corrected chi connectivity index (χ3v) is 6.72. The molecule has 2 aliphatic rings. The van der Waals surface area contributed by atoms with Gasteiger partial charge in [-0.1, -0.05) is 49.6 Å². The van der Waals surface area contributed by atoms with E-state index in [-0.39, 0.29) is 17.9 Å². The molecule has 0 radical (unpaired) electrons. The molecule has 1 aromatic heterocycles. The lowest BCUT2D eigenvalue weighted by atomic mass is 9.93. The van der Waals surface area contributed by atoms with Crippen LogP contribution in [0.3, 0.4) is 0 Å². The lowest BCUT2D eigenvalue weighted by Gasteiger charge is -2.34. The van der Waals surface area contributed by atoms with Crippen molar-refractivity contribution in [2.45, 2.75) is 57.0 Å². The van der Waals surface area contributed by atoms with Crippen LogP contribution in [0.2, 0.25) is 0 Å². The SMILES string of the molecule is COC(=O)c1csc(CN(C(=O)C2CC2c2ccccc2)C2CCCCC2)n1. The highest BCUT2D eigenvalue weighted by atomic mass is 32.1. The topological polar surface area (TPSA) is 59.5 Å². The minimum absolute atomic E-state index is 0.0735. The molecule has 2 aromatic rings. The summed E-state index contributed by atoms with van der Waals surface area (Å²) in [5.41, 5.74) is 1.58. The number of thiazole rings is 1. The highest BCUT2D eigenvalue weighted by Gasteiger charge is 2.47. The number of esters is 1. The molecule has 6 heteroatoms. The molecule has 2 unspecified atom stereocenters. The zero-order valence-electron chi connectivity index (χ0n) is 16.2. The van der Waals surface area contributed by atoms with Crippen LogP contribution in [0, 0.1) is 5.92 Å². The van der Waals surface area contributed by atoms with Crippen LogP contribution in [0.25, 0.3) is 0 Å². The standard InChI is InChI=1S/C22H26N2O3S/c1-27-22(26)19-14-28-20(23-19)13-24(16-10-6-3-7-11-16)21(25)18-12-17(18)15-8-4-2-5-9-15/h2,4-5,8-9,14,16-18H,3,6-7,10-13H2,1H3. The minimum atomic E-state index is -0.427. The highest BCUT2D eigenvalue weighted by molar-refractivity contribution is 7.09. The van der Waals surface area contributed by atoms with Gasteiger partial charge in [0.2, 0.25) is 5.91 Å². The van der Waals surface area contributed by atoms with Gasteiger partial charge in [0.05, 0.1) is 13.7 Å². The van der Waals surface area contributed by atoms with Gasteiger partial charge in [-0.15, -0.1) is 11.3 Å². The molecule has 1 aromatic carbocycles. The Morgan fingerprint density at radius 3 is 2.64 bits per heavy atom. The number of methoxy groups -OCH3 is 1. The number of carbonyl (C=O) groups is 2.